The lowest BCUT2D eigenvalue weighted by Crippen LogP contribution is -2.07. The number of nitrogens with zero attached hydrogens (tertiary/aromatic N) is 3. The molecule has 5 nitrogen and oxygen atoms in total. The highest BCUT2D eigenvalue weighted by Gasteiger charge is 2.01. The Morgan fingerprint density at radius 3 is 2.54 bits per heavy atom. The van der Waals surface area contributed by atoms with Crippen LogP contribution in [-0.2, 0) is 0 Å². The Morgan fingerprint density at radius 1 is 1.23 bits per heavy atom. The van der Waals surface area contributed by atoms with Crippen molar-refractivity contribution < 1.29 is 0 Å². The van der Waals surface area contributed by atoms with E-state index in [0.29, 0.717) is 11.9 Å². The molecule has 6 heteroatoms. The normalized spacial score (nSPS) is 9.77. The molecule has 0 aliphatic heterocycles. The molecule has 0 aliphatic carbocycles. The zero-order valence-electron chi connectivity index (χ0n) is 7.63. The Kier molecular flexibility index (Phi) is 3.70. The molecule has 1 heterocycles. The molecular weight excluding hydrogens is 190 g/mol. The van der Waals surface area contributed by atoms with Gasteiger partial charge in [0.2, 0.25) is 17.2 Å². The van der Waals surface area contributed by atoms with E-state index in [1.54, 1.807) is 7.05 Å². The highest BCUT2D eigenvalue weighted by Crippen LogP contribution is 2.08. The molecule has 0 radical (unpaired) electrons. The molecule has 0 atom stereocenters. The molecule has 2 N–H and O–H groups in total. The number of rotatable bonds is 4. The number of hydrogen-bond donors (Lipinski definition) is 2. The van der Waals surface area contributed by atoms with Gasteiger partial charge in [-0.1, -0.05) is 6.92 Å². The molecule has 1 rings (SSSR count). The smallest absolute Gasteiger partial charge is 0.228 e. The maximum Gasteiger partial charge on any atom is 0.228 e. The number of aromatic nitrogens is 3. The largest absolute Gasteiger partial charge is 0.357 e. The van der Waals surface area contributed by atoms with Gasteiger partial charge >= 0.3 is 0 Å². The minimum Gasteiger partial charge on any atom is -0.357 e. The Labute approximate surface area is 82.0 Å². The molecule has 13 heavy (non-hydrogen) atoms. The summed E-state index contributed by atoms with van der Waals surface area (Å²) in [5, 5.41) is 6.01. The zero-order valence-corrected chi connectivity index (χ0v) is 8.39. The zero-order chi connectivity index (χ0) is 9.68. The summed E-state index contributed by atoms with van der Waals surface area (Å²) in [5.74, 6) is 0.977. The first kappa shape index (κ1) is 9.98. The van der Waals surface area contributed by atoms with E-state index in [-0.39, 0.29) is 5.28 Å². The monoisotopic (exact) mass is 201 g/mol. The number of nitrogens with one attached hydrogen (secondary N) is 2. The van der Waals surface area contributed by atoms with Crippen LogP contribution in [0.4, 0.5) is 11.9 Å². The van der Waals surface area contributed by atoms with Gasteiger partial charge in [-0.25, -0.2) is 0 Å². The molecule has 1 aromatic heterocycles. The van der Waals surface area contributed by atoms with Crippen molar-refractivity contribution in [3.63, 3.8) is 0 Å². The molecule has 1 aromatic rings. The average molecular weight is 202 g/mol. The van der Waals surface area contributed by atoms with Crippen LogP contribution in [-0.4, -0.2) is 28.5 Å². The average Bonchev–Trinajstić information content (AvgIpc) is 2.14. The first-order valence-corrected chi connectivity index (χ1v) is 4.47. The van der Waals surface area contributed by atoms with Crippen LogP contribution in [0.15, 0.2) is 0 Å². The molecule has 0 aromatic carbocycles. The maximum atomic E-state index is 5.67. The molecule has 72 valence electrons. The predicted octanol–water partition coefficient (Wildman–Crippen LogP) is 1.39. The third-order valence-corrected chi connectivity index (χ3v) is 1.53. The van der Waals surface area contributed by atoms with Gasteiger partial charge in [-0.2, -0.15) is 15.0 Å². The molecule has 0 unspecified atom stereocenters. The van der Waals surface area contributed by atoms with Gasteiger partial charge in [0.05, 0.1) is 0 Å². The topological polar surface area (TPSA) is 62.7 Å². The van der Waals surface area contributed by atoms with E-state index >= 15 is 0 Å². The summed E-state index contributed by atoms with van der Waals surface area (Å²) in [7, 11) is 1.73. The van der Waals surface area contributed by atoms with E-state index < -0.39 is 0 Å². The van der Waals surface area contributed by atoms with Gasteiger partial charge < -0.3 is 10.6 Å². The van der Waals surface area contributed by atoms with Crippen LogP contribution in [0.2, 0.25) is 5.28 Å². The Balaban J connectivity index is 2.76. The first-order valence-electron chi connectivity index (χ1n) is 4.09. The van der Waals surface area contributed by atoms with Crippen molar-refractivity contribution >= 4 is 23.5 Å². The van der Waals surface area contributed by atoms with Gasteiger partial charge in [-0.05, 0) is 18.0 Å². The lowest BCUT2D eigenvalue weighted by Gasteiger charge is -2.04. The third kappa shape index (κ3) is 3.02. The second-order valence-corrected chi connectivity index (χ2v) is 2.77. The molecule has 0 fully saturated rings. The van der Waals surface area contributed by atoms with Gasteiger partial charge in [0.1, 0.15) is 0 Å². The van der Waals surface area contributed by atoms with Crippen LogP contribution in [0.5, 0.6) is 0 Å². The molecule has 0 amide bonds. The molecule has 0 spiro atoms. The van der Waals surface area contributed by atoms with E-state index in [1.165, 1.54) is 0 Å². The van der Waals surface area contributed by atoms with E-state index in [2.05, 4.69) is 32.5 Å². The minimum absolute atomic E-state index is 0.193. The van der Waals surface area contributed by atoms with E-state index in [4.69, 9.17) is 11.6 Å². The Hall–Kier alpha value is -1.10. The minimum atomic E-state index is 0.193. The third-order valence-electron chi connectivity index (χ3n) is 1.36. The number of halogens is 1. The molecule has 0 aliphatic rings. The van der Waals surface area contributed by atoms with Crippen molar-refractivity contribution in [3.8, 4) is 0 Å². The second kappa shape index (κ2) is 4.81. The molecule has 0 saturated heterocycles. The standard InChI is InChI=1S/C7H12ClN5/c1-3-4-10-7-12-5(8)11-6(9-2)13-7/h3-4H2,1-2H3,(H2,9,10,11,12,13). The Morgan fingerprint density at radius 2 is 1.92 bits per heavy atom. The van der Waals surface area contributed by atoms with Crippen molar-refractivity contribution in [1.29, 1.82) is 0 Å². The summed E-state index contributed by atoms with van der Waals surface area (Å²) >= 11 is 5.67. The number of hydrogen-bond acceptors (Lipinski definition) is 5. The summed E-state index contributed by atoms with van der Waals surface area (Å²) < 4.78 is 0. The van der Waals surface area contributed by atoms with Crippen LogP contribution in [0.3, 0.4) is 0 Å². The van der Waals surface area contributed by atoms with Gasteiger partial charge in [0, 0.05) is 13.6 Å². The number of anilines is 2. The van der Waals surface area contributed by atoms with Crippen molar-refractivity contribution in [2.75, 3.05) is 24.2 Å². The lowest BCUT2D eigenvalue weighted by molar-refractivity contribution is 0.939. The summed E-state index contributed by atoms with van der Waals surface area (Å²) in [4.78, 5) is 11.8. The van der Waals surface area contributed by atoms with Crippen molar-refractivity contribution in [2.24, 2.45) is 0 Å². The maximum absolute atomic E-state index is 5.67. The van der Waals surface area contributed by atoms with Crippen LogP contribution in [0.1, 0.15) is 13.3 Å². The van der Waals surface area contributed by atoms with Crippen molar-refractivity contribution in [1.82, 2.24) is 15.0 Å². The quantitative estimate of drug-likeness (QED) is 0.771. The van der Waals surface area contributed by atoms with Crippen molar-refractivity contribution in [2.45, 2.75) is 13.3 Å². The Bertz CT molecular complexity index is 278. The van der Waals surface area contributed by atoms with E-state index in [0.717, 1.165) is 13.0 Å². The van der Waals surface area contributed by atoms with Gasteiger partial charge in [-0.3, -0.25) is 0 Å². The van der Waals surface area contributed by atoms with Crippen LogP contribution >= 0.6 is 11.6 Å². The highest BCUT2D eigenvalue weighted by molar-refractivity contribution is 6.28. The lowest BCUT2D eigenvalue weighted by atomic mass is 10.5. The fourth-order valence-corrected chi connectivity index (χ4v) is 0.938. The van der Waals surface area contributed by atoms with Gasteiger partial charge in [0.25, 0.3) is 0 Å². The summed E-state index contributed by atoms with van der Waals surface area (Å²) in [6.07, 6.45) is 1.01. The second-order valence-electron chi connectivity index (χ2n) is 2.43. The summed E-state index contributed by atoms with van der Waals surface area (Å²) in [6, 6.07) is 0. The van der Waals surface area contributed by atoms with Gasteiger partial charge in [-0.15, -0.1) is 0 Å². The van der Waals surface area contributed by atoms with Gasteiger partial charge in [0.15, 0.2) is 0 Å². The van der Waals surface area contributed by atoms with E-state index in [1.807, 2.05) is 0 Å². The summed E-state index contributed by atoms with van der Waals surface area (Å²) in [6.45, 7) is 2.89. The van der Waals surface area contributed by atoms with Crippen molar-refractivity contribution in [3.05, 3.63) is 5.28 Å². The molecular formula is C7H12ClN5. The van der Waals surface area contributed by atoms with Crippen LogP contribution in [0, 0.1) is 0 Å². The van der Waals surface area contributed by atoms with E-state index in [9.17, 15) is 0 Å². The first-order chi connectivity index (χ1) is 6.26. The fraction of sp³-hybridized carbons (Fsp3) is 0.571. The molecule has 0 saturated carbocycles. The molecule has 0 bridgehead atoms. The van der Waals surface area contributed by atoms with Crippen LogP contribution in [0.25, 0.3) is 0 Å². The SMILES string of the molecule is CCCNc1nc(Cl)nc(NC)n1. The fourth-order valence-electron chi connectivity index (χ4n) is 0.778. The summed E-state index contributed by atoms with van der Waals surface area (Å²) in [5.41, 5.74) is 0. The highest BCUT2D eigenvalue weighted by atomic mass is 35.5. The van der Waals surface area contributed by atoms with Crippen LogP contribution < -0.4 is 10.6 Å². The predicted molar refractivity (Wildman–Crippen MR) is 53.2 cm³/mol.